The summed E-state index contributed by atoms with van der Waals surface area (Å²) in [4.78, 5) is 2.44. The molecular weight excluding hydrogens is 439 g/mol. The zero-order valence-electron chi connectivity index (χ0n) is 18.8. The molecule has 0 bridgehead atoms. The van der Waals surface area contributed by atoms with E-state index >= 15 is 0 Å². The molecule has 0 amide bonds. The van der Waals surface area contributed by atoms with Gasteiger partial charge in [0.25, 0.3) is 0 Å². The van der Waals surface area contributed by atoms with Gasteiger partial charge in [-0.15, -0.1) is 0 Å². The van der Waals surface area contributed by atoms with Gasteiger partial charge in [0, 0.05) is 25.0 Å². The average Bonchev–Trinajstić information content (AvgIpc) is 3.63. The fourth-order valence-electron chi connectivity index (χ4n) is 4.93. The van der Waals surface area contributed by atoms with Crippen LogP contribution in [0.4, 0.5) is 10.1 Å². The van der Waals surface area contributed by atoms with Crippen molar-refractivity contribution in [3.8, 4) is 5.75 Å². The smallest absolute Gasteiger partial charge is 0.240 e. The van der Waals surface area contributed by atoms with Crippen LogP contribution in [0.25, 0.3) is 10.8 Å². The maximum atomic E-state index is 13.9. The van der Waals surface area contributed by atoms with E-state index in [0.29, 0.717) is 5.75 Å². The van der Waals surface area contributed by atoms with Crippen molar-refractivity contribution in [1.29, 1.82) is 0 Å². The van der Waals surface area contributed by atoms with E-state index in [0.717, 1.165) is 60.8 Å². The Morgan fingerprint density at radius 1 is 1.03 bits per heavy atom. The molecule has 7 heteroatoms. The molecule has 0 atom stereocenters. The van der Waals surface area contributed by atoms with Crippen LogP contribution in [0, 0.1) is 5.82 Å². The molecule has 3 aromatic carbocycles. The molecule has 2 fully saturated rings. The lowest BCUT2D eigenvalue weighted by Gasteiger charge is -2.30. The zero-order chi connectivity index (χ0) is 23.1. The predicted octanol–water partition coefficient (Wildman–Crippen LogP) is 4.99. The minimum Gasteiger partial charge on any atom is -0.495 e. The van der Waals surface area contributed by atoms with Crippen molar-refractivity contribution in [3.63, 3.8) is 0 Å². The number of hydrogen-bond acceptors (Lipinski definition) is 4. The summed E-state index contributed by atoms with van der Waals surface area (Å²) in [5, 5.41) is 1.82. The first-order chi connectivity index (χ1) is 15.9. The second-order valence-electron chi connectivity index (χ2n) is 9.16. The van der Waals surface area contributed by atoms with Gasteiger partial charge in [0.2, 0.25) is 10.0 Å². The van der Waals surface area contributed by atoms with E-state index in [-0.39, 0.29) is 22.7 Å². The average molecular weight is 469 g/mol. The third kappa shape index (κ3) is 4.32. The Balaban J connectivity index is 1.41. The lowest BCUT2D eigenvalue weighted by molar-refractivity contribution is 0.412. The molecule has 0 unspecified atom stereocenters. The molecule has 5 nitrogen and oxygen atoms in total. The topological polar surface area (TPSA) is 58.6 Å². The van der Waals surface area contributed by atoms with Crippen LogP contribution in [0.2, 0.25) is 0 Å². The maximum Gasteiger partial charge on any atom is 0.240 e. The highest BCUT2D eigenvalue weighted by atomic mass is 32.2. The molecule has 1 aliphatic heterocycles. The van der Waals surface area contributed by atoms with Gasteiger partial charge in [-0.3, -0.25) is 0 Å². The predicted molar refractivity (Wildman–Crippen MR) is 129 cm³/mol. The number of fused-ring (bicyclic) bond motifs is 1. The Morgan fingerprint density at radius 3 is 2.55 bits per heavy atom. The number of ether oxygens (including phenoxy) is 1. The van der Waals surface area contributed by atoms with E-state index in [1.54, 1.807) is 37.4 Å². The van der Waals surface area contributed by atoms with Gasteiger partial charge in [-0.05, 0) is 78.8 Å². The second-order valence-corrected chi connectivity index (χ2v) is 10.9. The number of hydrogen-bond donors (Lipinski definition) is 1. The van der Waals surface area contributed by atoms with Gasteiger partial charge in [-0.25, -0.2) is 17.5 Å². The number of methoxy groups -OCH3 is 1. The lowest BCUT2D eigenvalue weighted by atomic mass is 9.91. The van der Waals surface area contributed by atoms with Crippen molar-refractivity contribution in [2.75, 3.05) is 31.6 Å². The molecule has 1 heterocycles. The molecule has 1 saturated carbocycles. The van der Waals surface area contributed by atoms with Gasteiger partial charge in [0.15, 0.2) is 0 Å². The summed E-state index contributed by atoms with van der Waals surface area (Å²) in [6.07, 6.45) is 5.11. The standard InChI is InChI=1S/C26H29FN2O3S/c1-32-25-11-10-21(17-24(25)29-14-3-2-4-15-29)33(30,31)28-18-26(12-13-26)23-7-5-6-19-8-9-20(27)16-22(19)23/h5-11,16-17,28H,2-4,12-15,18H2,1H3. The number of nitrogens with one attached hydrogen (secondary N) is 1. The molecule has 2 aliphatic rings. The highest BCUT2D eigenvalue weighted by Crippen LogP contribution is 2.50. The van der Waals surface area contributed by atoms with Crippen molar-refractivity contribution in [2.24, 2.45) is 0 Å². The summed E-state index contributed by atoms with van der Waals surface area (Å²) in [5.41, 5.74) is 1.53. The van der Waals surface area contributed by atoms with Crippen LogP contribution in [0.5, 0.6) is 5.75 Å². The fraction of sp³-hybridized carbons (Fsp3) is 0.385. The first-order valence-electron chi connectivity index (χ1n) is 11.5. The zero-order valence-corrected chi connectivity index (χ0v) is 19.6. The summed E-state index contributed by atoms with van der Waals surface area (Å²) in [6.45, 7) is 2.08. The first kappa shape index (κ1) is 22.2. The SMILES string of the molecule is COc1ccc(S(=O)(=O)NCC2(c3cccc4ccc(F)cc34)CC2)cc1N1CCCCC1. The summed E-state index contributed by atoms with van der Waals surface area (Å²) in [7, 11) is -2.11. The summed E-state index contributed by atoms with van der Waals surface area (Å²) in [6, 6.07) is 15.7. The maximum absolute atomic E-state index is 13.9. The minimum atomic E-state index is -3.72. The number of anilines is 1. The van der Waals surface area contributed by atoms with Crippen LogP contribution < -0.4 is 14.4 Å². The first-order valence-corrected chi connectivity index (χ1v) is 13.0. The van der Waals surface area contributed by atoms with E-state index < -0.39 is 10.0 Å². The molecule has 0 spiro atoms. The van der Waals surface area contributed by atoms with Gasteiger partial charge < -0.3 is 9.64 Å². The molecule has 3 aromatic rings. The Morgan fingerprint density at radius 2 is 1.82 bits per heavy atom. The van der Waals surface area contributed by atoms with Gasteiger partial charge >= 0.3 is 0 Å². The molecular formula is C26H29FN2O3S. The lowest BCUT2D eigenvalue weighted by Crippen LogP contribution is -2.33. The molecule has 33 heavy (non-hydrogen) atoms. The largest absolute Gasteiger partial charge is 0.495 e. The minimum absolute atomic E-state index is 0.239. The molecule has 1 saturated heterocycles. The van der Waals surface area contributed by atoms with Crippen LogP contribution in [0.3, 0.4) is 0 Å². The summed E-state index contributed by atoms with van der Waals surface area (Å²) < 4.78 is 48.8. The third-order valence-corrected chi connectivity index (χ3v) is 8.43. The molecule has 0 aromatic heterocycles. The Bertz CT molecular complexity index is 1280. The van der Waals surface area contributed by atoms with Gasteiger partial charge in [0.1, 0.15) is 11.6 Å². The van der Waals surface area contributed by atoms with E-state index in [1.165, 1.54) is 12.5 Å². The number of sulfonamides is 1. The highest BCUT2D eigenvalue weighted by Gasteiger charge is 2.45. The van der Waals surface area contributed by atoms with E-state index in [9.17, 15) is 12.8 Å². The van der Waals surface area contributed by atoms with Crippen molar-refractivity contribution >= 4 is 26.5 Å². The molecule has 174 valence electrons. The molecule has 1 N–H and O–H groups in total. The van der Waals surface area contributed by atoms with E-state index in [4.69, 9.17) is 4.74 Å². The van der Waals surface area contributed by atoms with Crippen molar-refractivity contribution in [3.05, 3.63) is 66.0 Å². The number of rotatable bonds is 7. The normalized spacial score (nSPS) is 17.8. The van der Waals surface area contributed by atoms with Gasteiger partial charge in [-0.2, -0.15) is 0 Å². The molecule has 1 aliphatic carbocycles. The Hall–Kier alpha value is -2.64. The highest BCUT2D eigenvalue weighted by molar-refractivity contribution is 7.89. The van der Waals surface area contributed by atoms with Crippen molar-refractivity contribution in [2.45, 2.75) is 42.4 Å². The van der Waals surface area contributed by atoms with Crippen LogP contribution >= 0.6 is 0 Å². The second kappa shape index (κ2) is 8.61. The van der Waals surface area contributed by atoms with Gasteiger partial charge in [0.05, 0.1) is 17.7 Å². The van der Waals surface area contributed by atoms with Crippen LogP contribution in [0.15, 0.2) is 59.5 Å². The van der Waals surface area contributed by atoms with Crippen molar-refractivity contribution in [1.82, 2.24) is 4.72 Å². The molecule has 0 radical (unpaired) electrons. The molecule has 5 rings (SSSR count). The Labute approximate surface area is 194 Å². The van der Waals surface area contributed by atoms with Crippen LogP contribution in [-0.4, -0.2) is 35.2 Å². The summed E-state index contributed by atoms with van der Waals surface area (Å²) in [5.74, 6) is 0.405. The third-order valence-electron chi connectivity index (χ3n) is 7.03. The van der Waals surface area contributed by atoms with Gasteiger partial charge in [-0.1, -0.05) is 24.3 Å². The van der Waals surface area contributed by atoms with Crippen LogP contribution in [-0.2, 0) is 15.4 Å². The number of benzene rings is 3. The number of piperidine rings is 1. The monoisotopic (exact) mass is 468 g/mol. The van der Waals surface area contributed by atoms with E-state index in [1.807, 2.05) is 18.2 Å². The van der Waals surface area contributed by atoms with Crippen molar-refractivity contribution < 1.29 is 17.5 Å². The number of nitrogens with zero attached hydrogens (tertiary/aromatic N) is 1. The number of halogens is 1. The summed E-state index contributed by atoms with van der Waals surface area (Å²) >= 11 is 0. The quantitative estimate of drug-likeness (QED) is 0.531. The Kier molecular flexibility index (Phi) is 5.79. The fourth-order valence-corrected chi connectivity index (χ4v) is 6.08. The van der Waals surface area contributed by atoms with E-state index in [2.05, 4.69) is 9.62 Å². The van der Waals surface area contributed by atoms with Crippen LogP contribution in [0.1, 0.15) is 37.7 Å².